The van der Waals surface area contributed by atoms with Gasteiger partial charge in [-0.15, -0.1) is 11.3 Å². The molecule has 0 bridgehead atoms. The molecule has 0 saturated heterocycles. The zero-order chi connectivity index (χ0) is 21.5. The van der Waals surface area contributed by atoms with Crippen molar-refractivity contribution in [3.63, 3.8) is 0 Å². The van der Waals surface area contributed by atoms with Gasteiger partial charge in [0.15, 0.2) is 0 Å². The predicted octanol–water partition coefficient (Wildman–Crippen LogP) is 3.53. The first-order chi connectivity index (χ1) is 15.2. The van der Waals surface area contributed by atoms with Crippen molar-refractivity contribution in [2.75, 3.05) is 10.6 Å². The molecule has 2 aromatic carbocycles. The van der Waals surface area contributed by atoms with Gasteiger partial charge in [-0.3, -0.25) is 4.79 Å². The first kappa shape index (κ1) is 20.5. The Morgan fingerprint density at radius 3 is 2.84 bits per heavy atom. The minimum atomic E-state index is -0.520. The average molecular weight is 436 g/mol. The van der Waals surface area contributed by atoms with Crippen LogP contribution in [0.4, 0.5) is 11.6 Å². The fraction of sp³-hybridized carbons (Fsp3) is 0.190. The van der Waals surface area contributed by atoms with Crippen LogP contribution >= 0.6 is 11.3 Å². The van der Waals surface area contributed by atoms with Crippen molar-refractivity contribution < 1.29 is 9.53 Å². The van der Waals surface area contributed by atoms with Gasteiger partial charge in [-0.2, -0.15) is 4.68 Å². The first-order valence-corrected chi connectivity index (χ1v) is 10.7. The van der Waals surface area contributed by atoms with E-state index in [4.69, 9.17) is 4.74 Å². The summed E-state index contributed by atoms with van der Waals surface area (Å²) in [5.74, 6) is 0.857. The monoisotopic (exact) mass is 435 g/mol. The molecule has 31 heavy (non-hydrogen) atoms. The van der Waals surface area contributed by atoms with Gasteiger partial charge in [0.25, 0.3) is 0 Å². The maximum atomic E-state index is 12.9. The molecule has 0 aliphatic rings. The molecule has 1 amide bonds. The van der Waals surface area contributed by atoms with E-state index in [9.17, 15) is 4.79 Å². The smallest absolute Gasteiger partial charge is 0.248 e. The third-order valence-electron chi connectivity index (χ3n) is 4.47. The van der Waals surface area contributed by atoms with E-state index in [2.05, 4.69) is 31.1 Å². The molecule has 0 aliphatic carbocycles. The Bertz CT molecular complexity index is 1120. The van der Waals surface area contributed by atoms with E-state index < -0.39 is 6.04 Å². The Hall–Kier alpha value is -3.79. The van der Waals surface area contributed by atoms with E-state index in [0.29, 0.717) is 30.4 Å². The number of nitrogens with one attached hydrogen (secondary N) is 2. The molecule has 0 radical (unpaired) electrons. The number of ether oxygens (including phenoxy) is 1. The lowest BCUT2D eigenvalue weighted by molar-refractivity contribution is -0.117. The Morgan fingerprint density at radius 1 is 1.19 bits per heavy atom. The highest BCUT2D eigenvalue weighted by atomic mass is 32.1. The summed E-state index contributed by atoms with van der Waals surface area (Å²) in [6.45, 7) is 2.30. The van der Waals surface area contributed by atoms with Crippen LogP contribution in [-0.2, 0) is 11.4 Å². The van der Waals surface area contributed by atoms with Gasteiger partial charge >= 0.3 is 0 Å². The van der Waals surface area contributed by atoms with Gasteiger partial charge in [0.1, 0.15) is 18.4 Å². The van der Waals surface area contributed by atoms with E-state index in [0.717, 1.165) is 11.4 Å². The van der Waals surface area contributed by atoms with E-state index in [1.807, 2.05) is 60.8 Å². The summed E-state index contributed by atoms with van der Waals surface area (Å²) in [5.41, 5.74) is 4.08. The van der Waals surface area contributed by atoms with Gasteiger partial charge < -0.3 is 15.4 Å². The lowest BCUT2D eigenvalue weighted by atomic mass is 10.2. The summed E-state index contributed by atoms with van der Waals surface area (Å²) in [5, 5.41) is 19.8. The van der Waals surface area contributed by atoms with Crippen LogP contribution in [0.1, 0.15) is 19.0 Å². The SMILES string of the molecule is CCC(Nc1nnnn1-c1ccccc1)C(=O)Nc1cccc(OCc2cscn2)c1. The highest BCUT2D eigenvalue weighted by Gasteiger charge is 2.20. The molecule has 4 rings (SSSR count). The lowest BCUT2D eigenvalue weighted by Gasteiger charge is -2.17. The van der Waals surface area contributed by atoms with Crippen LogP contribution in [0.5, 0.6) is 5.75 Å². The number of tetrazole rings is 1. The topological polar surface area (TPSA) is 107 Å². The van der Waals surface area contributed by atoms with Crippen molar-refractivity contribution >= 4 is 28.9 Å². The van der Waals surface area contributed by atoms with Crippen LogP contribution in [0.2, 0.25) is 0 Å². The van der Waals surface area contributed by atoms with Crippen LogP contribution in [-0.4, -0.2) is 37.1 Å². The van der Waals surface area contributed by atoms with Gasteiger partial charge in [0, 0.05) is 17.1 Å². The van der Waals surface area contributed by atoms with E-state index >= 15 is 0 Å². The number of hydrogen-bond donors (Lipinski definition) is 2. The van der Waals surface area contributed by atoms with Crippen molar-refractivity contribution in [3.8, 4) is 11.4 Å². The Kier molecular flexibility index (Phi) is 6.48. The summed E-state index contributed by atoms with van der Waals surface area (Å²) in [4.78, 5) is 17.1. The van der Waals surface area contributed by atoms with E-state index in [1.165, 1.54) is 11.3 Å². The van der Waals surface area contributed by atoms with Crippen LogP contribution < -0.4 is 15.4 Å². The molecule has 10 heteroatoms. The maximum absolute atomic E-state index is 12.9. The van der Waals surface area contributed by atoms with Crippen molar-refractivity contribution in [3.05, 3.63) is 71.2 Å². The lowest BCUT2D eigenvalue weighted by Crippen LogP contribution is -2.35. The Labute approximate surface area is 183 Å². The number of aromatic nitrogens is 5. The molecular weight excluding hydrogens is 414 g/mol. The van der Waals surface area contributed by atoms with Gasteiger partial charge in [0.2, 0.25) is 11.9 Å². The third-order valence-corrected chi connectivity index (χ3v) is 5.11. The molecule has 2 heterocycles. The number of benzene rings is 2. The second kappa shape index (κ2) is 9.81. The molecule has 1 unspecified atom stereocenters. The number of rotatable bonds is 9. The molecule has 4 aromatic rings. The second-order valence-electron chi connectivity index (χ2n) is 6.64. The predicted molar refractivity (Wildman–Crippen MR) is 118 cm³/mol. The zero-order valence-corrected chi connectivity index (χ0v) is 17.6. The van der Waals surface area contributed by atoms with Gasteiger partial charge in [-0.05, 0) is 41.1 Å². The molecule has 2 N–H and O–H groups in total. The number of carbonyl (C=O) groups excluding carboxylic acids is 1. The third kappa shape index (κ3) is 5.23. The number of nitrogens with zero attached hydrogens (tertiary/aromatic N) is 5. The zero-order valence-electron chi connectivity index (χ0n) is 16.8. The van der Waals surface area contributed by atoms with Crippen LogP contribution in [0, 0.1) is 0 Å². The minimum absolute atomic E-state index is 0.193. The highest BCUT2D eigenvalue weighted by molar-refractivity contribution is 7.07. The molecule has 0 spiro atoms. The highest BCUT2D eigenvalue weighted by Crippen LogP contribution is 2.20. The van der Waals surface area contributed by atoms with Crippen molar-refractivity contribution in [1.82, 2.24) is 25.2 Å². The van der Waals surface area contributed by atoms with Gasteiger partial charge in [-0.25, -0.2) is 4.98 Å². The summed E-state index contributed by atoms with van der Waals surface area (Å²) < 4.78 is 7.32. The molecule has 1 atom stereocenters. The molecule has 0 fully saturated rings. The van der Waals surface area contributed by atoms with Crippen LogP contribution in [0.15, 0.2) is 65.5 Å². The summed E-state index contributed by atoms with van der Waals surface area (Å²) in [7, 11) is 0. The number of amides is 1. The van der Waals surface area contributed by atoms with Crippen molar-refractivity contribution in [2.45, 2.75) is 26.0 Å². The molecular formula is C21H21N7O2S. The molecule has 0 saturated carbocycles. The normalized spacial score (nSPS) is 11.6. The molecule has 9 nitrogen and oxygen atoms in total. The van der Waals surface area contributed by atoms with E-state index in [-0.39, 0.29) is 5.91 Å². The summed E-state index contributed by atoms with van der Waals surface area (Å²) in [6.07, 6.45) is 0.549. The second-order valence-corrected chi connectivity index (χ2v) is 7.36. The molecule has 158 valence electrons. The number of hydrogen-bond acceptors (Lipinski definition) is 8. The molecule has 0 aliphatic heterocycles. The van der Waals surface area contributed by atoms with E-state index in [1.54, 1.807) is 16.3 Å². The number of thiazole rings is 1. The molecule has 2 aromatic heterocycles. The van der Waals surface area contributed by atoms with Crippen molar-refractivity contribution in [1.29, 1.82) is 0 Å². The standard InChI is InChI=1S/C21H21N7O2S/c1-2-19(24-21-25-26-27-28(21)17-8-4-3-5-9-17)20(29)23-15-7-6-10-18(11-15)30-12-16-13-31-14-22-16/h3-11,13-14,19H,2,12H2,1H3,(H,23,29)(H,24,25,27). The maximum Gasteiger partial charge on any atom is 0.248 e. The average Bonchev–Trinajstić information content (AvgIpc) is 3.49. The minimum Gasteiger partial charge on any atom is -0.487 e. The van der Waals surface area contributed by atoms with Gasteiger partial charge in [-0.1, -0.05) is 36.3 Å². The fourth-order valence-electron chi connectivity index (χ4n) is 2.89. The first-order valence-electron chi connectivity index (χ1n) is 9.74. The largest absolute Gasteiger partial charge is 0.487 e. The van der Waals surface area contributed by atoms with Crippen molar-refractivity contribution in [2.24, 2.45) is 0 Å². The summed E-state index contributed by atoms with van der Waals surface area (Å²) in [6, 6.07) is 16.2. The summed E-state index contributed by atoms with van der Waals surface area (Å²) >= 11 is 1.52. The Balaban J connectivity index is 1.41. The Morgan fingerprint density at radius 2 is 2.06 bits per heavy atom. The number of anilines is 2. The number of carbonyl (C=O) groups is 1. The number of para-hydroxylation sites is 1. The van der Waals surface area contributed by atoms with Gasteiger partial charge in [0.05, 0.1) is 16.9 Å². The van der Waals surface area contributed by atoms with Crippen LogP contribution in [0.3, 0.4) is 0 Å². The fourth-order valence-corrected chi connectivity index (χ4v) is 3.43. The van der Waals surface area contributed by atoms with Crippen LogP contribution in [0.25, 0.3) is 5.69 Å². The quantitative estimate of drug-likeness (QED) is 0.414.